The molecule has 5 heteroatoms. The average Bonchev–Trinajstić information content (AvgIpc) is 2.75. The fourth-order valence-corrected chi connectivity index (χ4v) is 2.80. The zero-order valence-corrected chi connectivity index (χ0v) is 11.4. The second-order valence-electron chi connectivity index (χ2n) is 4.97. The molecule has 1 atom stereocenters. The van der Waals surface area contributed by atoms with Crippen molar-refractivity contribution in [2.24, 2.45) is 5.92 Å². The Morgan fingerprint density at radius 2 is 2.41 bits per heavy atom. The fraction of sp³-hybridized carbons (Fsp3) is 0.833. The highest BCUT2D eigenvalue weighted by Gasteiger charge is 2.17. The maximum Gasteiger partial charge on any atom is 0.228 e. The summed E-state index contributed by atoms with van der Waals surface area (Å²) in [6.45, 7) is 5.51. The fourth-order valence-electron chi connectivity index (χ4n) is 1.85. The summed E-state index contributed by atoms with van der Waals surface area (Å²) in [5.41, 5.74) is 0. The number of hydrogen-bond acceptors (Lipinski definition) is 5. The standard InChI is InChI=1S/C12H21N3OS/c1-9(2)3-4-11-14-12(16-15-11)7-10-8-17-6-5-13-10/h9-10,13H,3-8H2,1-2H3. The van der Waals surface area contributed by atoms with E-state index in [-0.39, 0.29) is 0 Å². The summed E-state index contributed by atoms with van der Waals surface area (Å²) in [5, 5.41) is 7.51. The minimum atomic E-state index is 0.493. The Morgan fingerprint density at radius 3 is 3.12 bits per heavy atom. The lowest BCUT2D eigenvalue weighted by atomic mass is 10.1. The van der Waals surface area contributed by atoms with Gasteiger partial charge in [0.2, 0.25) is 5.89 Å². The first-order valence-electron chi connectivity index (χ1n) is 6.36. The minimum absolute atomic E-state index is 0.493. The van der Waals surface area contributed by atoms with E-state index in [2.05, 4.69) is 29.3 Å². The number of rotatable bonds is 5. The summed E-state index contributed by atoms with van der Waals surface area (Å²) >= 11 is 1.99. The molecule has 1 aromatic rings. The van der Waals surface area contributed by atoms with Crippen molar-refractivity contribution in [3.05, 3.63) is 11.7 Å². The number of thioether (sulfide) groups is 1. The van der Waals surface area contributed by atoms with E-state index in [4.69, 9.17) is 4.52 Å². The van der Waals surface area contributed by atoms with Gasteiger partial charge < -0.3 is 9.84 Å². The topological polar surface area (TPSA) is 51.0 Å². The molecule has 96 valence electrons. The van der Waals surface area contributed by atoms with E-state index in [0.717, 1.165) is 43.3 Å². The van der Waals surface area contributed by atoms with Gasteiger partial charge in [0.05, 0.1) is 0 Å². The predicted molar refractivity (Wildman–Crippen MR) is 70.3 cm³/mol. The van der Waals surface area contributed by atoms with E-state index < -0.39 is 0 Å². The Kier molecular flexibility index (Phi) is 4.86. The van der Waals surface area contributed by atoms with Gasteiger partial charge in [-0.05, 0) is 12.3 Å². The van der Waals surface area contributed by atoms with E-state index in [9.17, 15) is 0 Å². The highest BCUT2D eigenvalue weighted by Crippen LogP contribution is 2.12. The van der Waals surface area contributed by atoms with Crippen molar-refractivity contribution in [2.45, 2.75) is 39.2 Å². The molecule has 0 aliphatic carbocycles. The van der Waals surface area contributed by atoms with Crippen LogP contribution < -0.4 is 5.32 Å². The molecule has 1 aromatic heterocycles. The minimum Gasteiger partial charge on any atom is -0.339 e. The third kappa shape index (κ3) is 4.32. The number of aromatic nitrogens is 2. The predicted octanol–water partition coefficient (Wildman–Crippen LogP) is 1.91. The summed E-state index contributed by atoms with van der Waals surface area (Å²) in [4.78, 5) is 4.45. The van der Waals surface area contributed by atoms with Crippen LogP contribution in [0.4, 0.5) is 0 Å². The molecule has 1 aliphatic rings. The number of nitrogens with one attached hydrogen (secondary N) is 1. The van der Waals surface area contributed by atoms with E-state index >= 15 is 0 Å². The summed E-state index contributed by atoms with van der Waals surface area (Å²) in [6, 6.07) is 0.493. The zero-order chi connectivity index (χ0) is 12.1. The molecular weight excluding hydrogens is 234 g/mol. The molecule has 2 heterocycles. The van der Waals surface area contributed by atoms with Crippen LogP contribution in [0.1, 0.15) is 32.0 Å². The SMILES string of the molecule is CC(C)CCc1noc(CC2CSCCN2)n1. The summed E-state index contributed by atoms with van der Waals surface area (Å²) in [6.07, 6.45) is 2.91. The molecule has 0 saturated carbocycles. The van der Waals surface area contributed by atoms with Crippen LogP contribution in [-0.4, -0.2) is 34.2 Å². The summed E-state index contributed by atoms with van der Waals surface area (Å²) in [5.74, 6) is 4.68. The Balaban J connectivity index is 1.80. The largest absolute Gasteiger partial charge is 0.339 e. The van der Waals surface area contributed by atoms with Gasteiger partial charge in [0.15, 0.2) is 5.82 Å². The van der Waals surface area contributed by atoms with E-state index in [0.29, 0.717) is 12.0 Å². The van der Waals surface area contributed by atoms with Crippen molar-refractivity contribution in [3.63, 3.8) is 0 Å². The molecule has 0 spiro atoms. The van der Waals surface area contributed by atoms with E-state index in [1.54, 1.807) is 0 Å². The van der Waals surface area contributed by atoms with Crippen LogP contribution in [0.25, 0.3) is 0 Å². The van der Waals surface area contributed by atoms with Crippen molar-refractivity contribution < 1.29 is 4.52 Å². The molecule has 0 aromatic carbocycles. The normalized spacial score (nSPS) is 21.0. The van der Waals surface area contributed by atoms with Gasteiger partial charge in [-0.15, -0.1) is 0 Å². The molecule has 0 radical (unpaired) electrons. The van der Waals surface area contributed by atoms with Crippen molar-refractivity contribution in [1.82, 2.24) is 15.5 Å². The molecule has 4 nitrogen and oxygen atoms in total. The quantitative estimate of drug-likeness (QED) is 0.871. The number of hydrogen-bond donors (Lipinski definition) is 1. The van der Waals surface area contributed by atoms with Crippen LogP contribution in [0.3, 0.4) is 0 Å². The van der Waals surface area contributed by atoms with Crippen molar-refractivity contribution >= 4 is 11.8 Å². The third-order valence-electron chi connectivity index (χ3n) is 2.87. The van der Waals surface area contributed by atoms with Crippen LogP contribution in [0.15, 0.2) is 4.52 Å². The Bertz CT molecular complexity index is 334. The Hall–Kier alpha value is -0.550. The smallest absolute Gasteiger partial charge is 0.228 e. The van der Waals surface area contributed by atoms with Crippen LogP contribution in [0, 0.1) is 5.92 Å². The maximum atomic E-state index is 5.29. The highest BCUT2D eigenvalue weighted by molar-refractivity contribution is 7.99. The van der Waals surface area contributed by atoms with Gasteiger partial charge in [0, 0.05) is 36.9 Å². The lowest BCUT2D eigenvalue weighted by Crippen LogP contribution is -2.38. The van der Waals surface area contributed by atoms with Crippen molar-refractivity contribution in [1.29, 1.82) is 0 Å². The maximum absolute atomic E-state index is 5.29. The van der Waals surface area contributed by atoms with Gasteiger partial charge in [-0.1, -0.05) is 19.0 Å². The summed E-state index contributed by atoms with van der Waals surface area (Å²) in [7, 11) is 0. The molecule has 2 rings (SSSR count). The third-order valence-corrected chi connectivity index (χ3v) is 4.01. The first kappa shape index (κ1) is 12.9. The van der Waals surface area contributed by atoms with Crippen LogP contribution in [-0.2, 0) is 12.8 Å². The molecular formula is C12H21N3OS. The number of aryl methyl sites for hydroxylation is 1. The monoisotopic (exact) mass is 255 g/mol. The molecule has 0 bridgehead atoms. The molecule has 0 amide bonds. The van der Waals surface area contributed by atoms with Gasteiger partial charge in [-0.3, -0.25) is 0 Å². The molecule has 1 unspecified atom stereocenters. The highest BCUT2D eigenvalue weighted by atomic mass is 32.2. The Labute approximate surface area is 107 Å². The van der Waals surface area contributed by atoms with E-state index in [1.807, 2.05) is 11.8 Å². The average molecular weight is 255 g/mol. The van der Waals surface area contributed by atoms with Gasteiger partial charge in [0.1, 0.15) is 0 Å². The Morgan fingerprint density at radius 1 is 1.53 bits per heavy atom. The van der Waals surface area contributed by atoms with Crippen LogP contribution in [0.5, 0.6) is 0 Å². The van der Waals surface area contributed by atoms with E-state index in [1.165, 1.54) is 5.75 Å². The lowest BCUT2D eigenvalue weighted by molar-refractivity contribution is 0.357. The van der Waals surface area contributed by atoms with Gasteiger partial charge in [-0.2, -0.15) is 16.7 Å². The second kappa shape index (κ2) is 6.40. The zero-order valence-electron chi connectivity index (χ0n) is 10.6. The van der Waals surface area contributed by atoms with Gasteiger partial charge in [-0.25, -0.2) is 0 Å². The molecule has 17 heavy (non-hydrogen) atoms. The molecule has 1 saturated heterocycles. The first-order chi connectivity index (χ1) is 8.24. The number of nitrogens with zero attached hydrogens (tertiary/aromatic N) is 2. The van der Waals surface area contributed by atoms with Crippen LogP contribution in [0.2, 0.25) is 0 Å². The van der Waals surface area contributed by atoms with Crippen molar-refractivity contribution in [2.75, 3.05) is 18.1 Å². The molecule has 1 N–H and O–H groups in total. The van der Waals surface area contributed by atoms with Gasteiger partial charge >= 0.3 is 0 Å². The molecule has 1 fully saturated rings. The van der Waals surface area contributed by atoms with Crippen LogP contribution >= 0.6 is 11.8 Å². The second-order valence-corrected chi connectivity index (χ2v) is 6.12. The van der Waals surface area contributed by atoms with Crippen molar-refractivity contribution in [3.8, 4) is 0 Å². The molecule has 1 aliphatic heterocycles. The van der Waals surface area contributed by atoms with Gasteiger partial charge in [0.25, 0.3) is 0 Å². The first-order valence-corrected chi connectivity index (χ1v) is 7.52. The lowest BCUT2D eigenvalue weighted by Gasteiger charge is -2.21. The summed E-state index contributed by atoms with van der Waals surface area (Å²) < 4.78 is 5.29.